The third-order valence-corrected chi connectivity index (χ3v) is 4.03. The highest BCUT2D eigenvalue weighted by atomic mass is 32.1. The highest BCUT2D eigenvalue weighted by Gasteiger charge is 2.17. The summed E-state index contributed by atoms with van der Waals surface area (Å²) in [7, 11) is 1.62. The Labute approximate surface area is 145 Å². The molecule has 0 atom stereocenters. The molecule has 0 bridgehead atoms. The van der Waals surface area contributed by atoms with Crippen molar-refractivity contribution in [3.05, 3.63) is 47.5 Å². The molecule has 2 aromatic rings. The molecule has 7 heteroatoms. The Morgan fingerprint density at radius 3 is 2.75 bits per heavy atom. The van der Waals surface area contributed by atoms with Gasteiger partial charge in [-0.3, -0.25) is 9.59 Å². The van der Waals surface area contributed by atoms with Crippen molar-refractivity contribution in [3.8, 4) is 0 Å². The van der Waals surface area contributed by atoms with Gasteiger partial charge in [-0.15, -0.1) is 11.3 Å². The number of carbonyl (C=O) groups is 2. The summed E-state index contributed by atoms with van der Waals surface area (Å²) in [5, 5.41) is 5.02. The molecule has 0 radical (unpaired) electrons. The second-order valence-corrected chi connectivity index (χ2v) is 6.10. The minimum atomic E-state index is -0.247. The molecule has 1 aromatic heterocycles. The van der Waals surface area contributed by atoms with E-state index in [1.807, 2.05) is 30.3 Å². The standard InChI is InChI=1S/C17H21N3O3S/c1-23-10-5-9-20(13-15(21)19-17-18-8-11-24-17)16(22)12-14-6-3-2-4-7-14/h2-4,6-8,11H,5,9-10,12-13H2,1H3,(H,18,19,21). The highest BCUT2D eigenvalue weighted by molar-refractivity contribution is 7.13. The first-order chi connectivity index (χ1) is 11.7. The number of hydrogen-bond donors (Lipinski definition) is 1. The van der Waals surface area contributed by atoms with E-state index in [2.05, 4.69) is 10.3 Å². The molecule has 0 unspecified atom stereocenters. The molecular formula is C17H21N3O3S. The number of carbonyl (C=O) groups excluding carboxylic acids is 2. The number of hydrogen-bond acceptors (Lipinski definition) is 5. The van der Waals surface area contributed by atoms with E-state index in [-0.39, 0.29) is 24.8 Å². The summed E-state index contributed by atoms with van der Waals surface area (Å²) in [5.41, 5.74) is 0.930. The largest absolute Gasteiger partial charge is 0.385 e. The van der Waals surface area contributed by atoms with E-state index in [4.69, 9.17) is 4.74 Å². The van der Waals surface area contributed by atoms with Gasteiger partial charge >= 0.3 is 0 Å². The van der Waals surface area contributed by atoms with Crippen LogP contribution in [-0.2, 0) is 20.7 Å². The maximum absolute atomic E-state index is 12.5. The maximum atomic E-state index is 12.5. The smallest absolute Gasteiger partial charge is 0.245 e. The average molecular weight is 347 g/mol. The summed E-state index contributed by atoms with van der Waals surface area (Å²) < 4.78 is 5.03. The van der Waals surface area contributed by atoms with Crippen molar-refractivity contribution in [3.63, 3.8) is 0 Å². The molecule has 1 aromatic carbocycles. The molecular weight excluding hydrogens is 326 g/mol. The lowest BCUT2D eigenvalue weighted by molar-refractivity contribution is -0.134. The molecule has 0 aliphatic heterocycles. The van der Waals surface area contributed by atoms with E-state index < -0.39 is 0 Å². The average Bonchev–Trinajstić information content (AvgIpc) is 3.08. The van der Waals surface area contributed by atoms with Gasteiger partial charge in [0, 0.05) is 31.8 Å². The Hall–Kier alpha value is -2.25. The third-order valence-electron chi connectivity index (χ3n) is 3.34. The molecule has 24 heavy (non-hydrogen) atoms. The Balaban J connectivity index is 1.94. The quantitative estimate of drug-likeness (QED) is 0.706. The lowest BCUT2D eigenvalue weighted by atomic mass is 10.1. The third kappa shape index (κ3) is 6.10. The van der Waals surface area contributed by atoms with Crippen molar-refractivity contribution in [2.45, 2.75) is 12.8 Å². The van der Waals surface area contributed by atoms with Crippen LogP contribution in [0, 0.1) is 0 Å². The fourth-order valence-electron chi connectivity index (χ4n) is 2.19. The Morgan fingerprint density at radius 1 is 1.29 bits per heavy atom. The van der Waals surface area contributed by atoms with E-state index in [1.165, 1.54) is 11.3 Å². The molecule has 6 nitrogen and oxygen atoms in total. The number of anilines is 1. The number of aromatic nitrogens is 1. The van der Waals surface area contributed by atoms with Gasteiger partial charge in [-0.25, -0.2) is 4.98 Å². The summed E-state index contributed by atoms with van der Waals surface area (Å²) in [6.45, 7) is 1.03. The zero-order valence-electron chi connectivity index (χ0n) is 13.6. The predicted molar refractivity (Wildman–Crippen MR) is 94.0 cm³/mol. The van der Waals surface area contributed by atoms with Gasteiger partial charge < -0.3 is 15.0 Å². The van der Waals surface area contributed by atoms with Crippen LogP contribution in [0.2, 0.25) is 0 Å². The molecule has 0 saturated carbocycles. The molecule has 1 N–H and O–H groups in total. The number of benzene rings is 1. The van der Waals surface area contributed by atoms with Crippen LogP contribution in [0.25, 0.3) is 0 Å². The first-order valence-electron chi connectivity index (χ1n) is 7.69. The zero-order valence-corrected chi connectivity index (χ0v) is 14.4. The van der Waals surface area contributed by atoms with Crippen molar-refractivity contribution < 1.29 is 14.3 Å². The summed E-state index contributed by atoms with van der Waals surface area (Å²) in [6.07, 6.45) is 2.58. The van der Waals surface area contributed by atoms with Crippen molar-refractivity contribution in [2.75, 3.05) is 32.1 Å². The van der Waals surface area contributed by atoms with Crippen LogP contribution < -0.4 is 5.32 Å². The summed E-state index contributed by atoms with van der Waals surface area (Å²) >= 11 is 1.34. The lowest BCUT2D eigenvalue weighted by Gasteiger charge is -2.22. The van der Waals surface area contributed by atoms with Crippen LogP contribution in [-0.4, -0.2) is 48.5 Å². The minimum Gasteiger partial charge on any atom is -0.385 e. The molecule has 1 heterocycles. The molecule has 2 rings (SSSR count). The first kappa shape index (κ1) is 18.1. The zero-order chi connectivity index (χ0) is 17.2. The van der Waals surface area contributed by atoms with E-state index >= 15 is 0 Å². The molecule has 0 aliphatic carbocycles. The number of nitrogens with zero attached hydrogens (tertiary/aromatic N) is 2. The number of ether oxygens (including phenoxy) is 1. The molecule has 2 amide bonds. The van der Waals surface area contributed by atoms with Crippen LogP contribution in [0.3, 0.4) is 0 Å². The predicted octanol–water partition coefficient (Wildman–Crippen LogP) is 2.19. The number of rotatable bonds is 9. The van der Waals surface area contributed by atoms with Crippen LogP contribution in [0.5, 0.6) is 0 Å². The normalized spacial score (nSPS) is 10.4. The van der Waals surface area contributed by atoms with Gasteiger partial charge in [-0.1, -0.05) is 30.3 Å². The highest BCUT2D eigenvalue weighted by Crippen LogP contribution is 2.10. The summed E-state index contributed by atoms with van der Waals surface area (Å²) in [4.78, 5) is 30.3. The summed E-state index contributed by atoms with van der Waals surface area (Å²) in [5.74, 6) is -0.324. The SMILES string of the molecule is COCCCN(CC(=O)Nc1nccs1)C(=O)Cc1ccccc1. The molecule has 0 spiro atoms. The van der Waals surface area contributed by atoms with E-state index in [1.54, 1.807) is 23.6 Å². The van der Waals surface area contributed by atoms with Gasteiger partial charge in [0.1, 0.15) is 0 Å². The van der Waals surface area contributed by atoms with Crippen molar-refractivity contribution in [1.82, 2.24) is 9.88 Å². The first-order valence-corrected chi connectivity index (χ1v) is 8.57. The second kappa shape index (κ2) is 9.79. The fraction of sp³-hybridized carbons (Fsp3) is 0.353. The molecule has 0 saturated heterocycles. The number of thiazole rings is 1. The van der Waals surface area contributed by atoms with Gasteiger partial charge in [-0.05, 0) is 12.0 Å². The van der Waals surface area contributed by atoms with Gasteiger partial charge in [-0.2, -0.15) is 0 Å². The number of methoxy groups -OCH3 is 1. The van der Waals surface area contributed by atoms with Gasteiger partial charge in [0.15, 0.2) is 5.13 Å². The Bertz CT molecular complexity index is 632. The second-order valence-electron chi connectivity index (χ2n) is 5.21. The van der Waals surface area contributed by atoms with E-state index in [0.717, 1.165) is 5.56 Å². The molecule has 0 aliphatic rings. The minimum absolute atomic E-state index is 0.00889. The van der Waals surface area contributed by atoms with Crippen molar-refractivity contribution in [2.24, 2.45) is 0 Å². The van der Waals surface area contributed by atoms with Crippen LogP contribution in [0.1, 0.15) is 12.0 Å². The summed E-state index contributed by atoms with van der Waals surface area (Å²) in [6, 6.07) is 9.51. The van der Waals surface area contributed by atoms with E-state index in [9.17, 15) is 9.59 Å². The van der Waals surface area contributed by atoms with Crippen molar-refractivity contribution in [1.29, 1.82) is 0 Å². The van der Waals surface area contributed by atoms with E-state index in [0.29, 0.717) is 24.7 Å². The molecule has 0 fully saturated rings. The fourth-order valence-corrected chi connectivity index (χ4v) is 2.74. The van der Waals surface area contributed by atoms with Gasteiger partial charge in [0.05, 0.1) is 13.0 Å². The Morgan fingerprint density at radius 2 is 2.08 bits per heavy atom. The van der Waals surface area contributed by atoms with Crippen LogP contribution >= 0.6 is 11.3 Å². The number of nitrogens with one attached hydrogen (secondary N) is 1. The van der Waals surface area contributed by atoms with Crippen LogP contribution in [0.4, 0.5) is 5.13 Å². The topological polar surface area (TPSA) is 71.5 Å². The number of amides is 2. The van der Waals surface area contributed by atoms with Crippen LogP contribution in [0.15, 0.2) is 41.9 Å². The lowest BCUT2D eigenvalue weighted by Crippen LogP contribution is -2.39. The molecule has 128 valence electrons. The van der Waals surface area contributed by atoms with Gasteiger partial charge in [0.25, 0.3) is 0 Å². The van der Waals surface area contributed by atoms with Crippen molar-refractivity contribution >= 4 is 28.3 Å². The van der Waals surface area contributed by atoms with Gasteiger partial charge in [0.2, 0.25) is 11.8 Å². The Kier molecular flexibility index (Phi) is 7.38. The monoisotopic (exact) mass is 347 g/mol. The maximum Gasteiger partial charge on any atom is 0.245 e.